The van der Waals surface area contributed by atoms with E-state index < -0.39 is 0 Å². The first-order valence-electron chi connectivity index (χ1n) is 4.49. The SMILES string of the molecule is C=C1CCCc2cc(Cl)ccc2N1. The summed E-state index contributed by atoms with van der Waals surface area (Å²) in [4.78, 5) is 0. The van der Waals surface area contributed by atoms with Crippen LogP contribution in [0.15, 0.2) is 30.5 Å². The summed E-state index contributed by atoms with van der Waals surface area (Å²) in [5.41, 5.74) is 3.55. The predicted molar refractivity (Wildman–Crippen MR) is 57.2 cm³/mol. The third kappa shape index (κ3) is 1.86. The van der Waals surface area contributed by atoms with Crippen molar-refractivity contribution in [1.82, 2.24) is 0 Å². The molecule has 0 spiro atoms. The van der Waals surface area contributed by atoms with Gasteiger partial charge in [0, 0.05) is 16.4 Å². The lowest BCUT2D eigenvalue weighted by Gasteiger charge is -2.08. The van der Waals surface area contributed by atoms with Crippen LogP contribution in [0.3, 0.4) is 0 Å². The van der Waals surface area contributed by atoms with Gasteiger partial charge in [-0.25, -0.2) is 0 Å². The number of rotatable bonds is 0. The Labute approximate surface area is 83.4 Å². The van der Waals surface area contributed by atoms with Crippen molar-refractivity contribution >= 4 is 17.3 Å². The second-order valence-corrected chi connectivity index (χ2v) is 3.82. The van der Waals surface area contributed by atoms with Gasteiger partial charge in [-0.2, -0.15) is 0 Å². The molecule has 0 aliphatic carbocycles. The Bertz CT molecular complexity index is 344. The number of anilines is 1. The Morgan fingerprint density at radius 1 is 1.31 bits per heavy atom. The van der Waals surface area contributed by atoms with Crippen LogP contribution in [-0.4, -0.2) is 0 Å². The molecule has 0 saturated carbocycles. The molecule has 0 radical (unpaired) electrons. The van der Waals surface area contributed by atoms with E-state index in [-0.39, 0.29) is 0 Å². The quantitative estimate of drug-likeness (QED) is 0.664. The van der Waals surface area contributed by atoms with Gasteiger partial charge < -0.3 is 5.32 Å². The molecule has 1 aromatic carbocycles. The highest BCUT2D eigenvalue weighted by molar-refractivity contribution is 6.30. The summed E-state index contributed by atoms with van der Waals surface area (Å²) in [5.74, 6) is 0. The molecule has 68 valence electrons. The van der Waals surface area contributed by atoms with Crippen molar-refractivity contribution in [2.75, 3.05) is 5.32 Å². The standard InChI is InChI=1S/C11H12ClN/c1-8-3-2-4-9-7-10(12)5-6-11(9)13-8/h5-7,13H,1-4H2. The van der Waals surface area contributed by atoms with Crippen LogP contribution in [0.4, 0.5) is 5.69 Å². The van der Waals surface area contributed by atoms with Crippen LogP contribution >= 0.6 is 11.6 Å². The van der Waals surface area contributed by atoms with Crippen molar-refractivity contribution in [2.45, 2.75) is 19.3 Å². The van der Waals surface area contributed by atoms with Crippen molar-refractivity contribution in [2.24, 2.45) is 0 Å². The molecule has 2 rings (SSSR count). The maximum atomic E-state index is 5.92. The molecule has 0 fully saturated rings. The summed E-state index contributed by atoms with van der Waals surface area (Å²) in [6.45, 7) is 3.95. The molecule has 0 amide bonds. The molecule has 0 atom stereocenters. The molecule has 0 aromatic heterocycles. The number of fused-ring (bicyclic) bond motifs is 1. The Morgan fingerprint density at radius 2 is 2.15 bits per heavy atom. The van der Waals surface area contributed by atoms with Crippen molar-refractivity contribution in [3.05, 3.63) is 41.1 Å². The van der Waals surface area contributed by atoms with Gasteiger partial charge in [0.15, 0.2) is 0 Å². The highest BCUT2D eigenvalue weighted by Crippen LogP contribution is 2.27. The number of aryl methyl sites for hydroxylation is 1. The lowest BCUT2D eigenvalue weighted by atomic mass is 10.1. The summed E-state index contributed by atoms with van der Waals surface area (Å²) in [6, 6.07) is 5.96. The summed E-state index contributed by atoms with van der Waals surface area (Å²) in [6.07, 6.45) is 3.29. The lowest BCUT2D eigenvalue weighted by molar-refractivity contribution is 0.836. The maximum absolute atomic E-state index is 5.92. The zero-order valence-corrected chi connectivity index (χ0v) is 8.19. The Hall–Kier alpha value is -0.950. The molecule has 1 aliphatic heterocycles. The molecule has 1 aliphatic rings. The van der Waals surface area contributed by atoms with Crippen LogP contribution in [0.2, 0.25) is 5.02 Å². The van der Waals surface area contributed by atoms with Gasteiger partial charge in [-0.3, -0.25) is 0 Å². The first-order valence-corrected chi connectivity index (χ1v) is 4.87. The number of hydrogen-bond acceptors (Lipinski definition) is 1. The molecule has 2 heteroatoms. The first kappa shape index (κ1) is 8.64. The largest absolute Gasteiger partial charge is 0.359 e. The zero-order valence-electron chi connectivity index (χ0n) is 7.44. The van der Waals surface area contributed by atoms with E-state index in [4.69, 9.17) is 11.6 Å². The number of halogens is 1. The minimum atomic E-state index is 0.813. The summed E-state index contributed by atoms with van der Waals surface area (Å²) < 4.78 is 0. The van der Waals surface area contributed by atoms with Gasteiger partial charge in [-0.1, -0.05) is 18.2 Å². The Balaban J connectivity index is 2.40. The normalized spacial score (nSPS) is 15.9. The monoisotopic (exact) mass is 193 g/mol. The van der Waals surface area contributed by atoms with Crippen LogP contribution in [0, 0.1) is 0 Å². The molecule has 0 unspecified atom stereocenters. The summed E-state index contributed by atoms with van der Waals surface area (Å²) >= 11 is 5.92. The molecule has 0 saturated heterocycles. The molecule has 1 heterocycles. The first-order chi connectivity index (χ1) is 6.25. The zero-order chi connectivity index (χ0) is 9.26. The maximum Gasteiger partial charge on any atom is 0.0415 e. The average Bonchev–Trinajstić information content (AvgIpc) is 2.25. The van der Waals surface area contributed by atoms with Gasteiger partial charge in [0.25, 0.3) is 0 Å². The average molecular weight is 194 g/mol. The van der Waals surface area contributed by atoms with E-state index >= 15 is 0 Å². The van der Waals surface area contributed by atoms with E-state index in [0.29, 0.717) is 0 Å². The Morgan fingerprint density at radius 3 is 3.00 bits per heavy atom. The molecule has 13 heavy (non-hydrogen) atoms. The molecular weight excluding hydrogens is 182 g/mol. The van der Waals surface area contributed by atoms with Crippen LogP contribution in [0.25, 0.3) is 0 Å². The Kier molecular flexibility index (Phi) is 2.28. The molecule has 1 aromatic rings. The summed E-state index contributed by atoms with van der Waals surface area (Å²) in [5, 5.41) is 4.11. The number of hydrogen-bond donors (Lipinski definition) is 1. The van der Waals surface area contributed by atoms with E-state index in [2.05, 4.69) is 11.9 Å². The van der Waals surface area contributed by atoms with Gasteiger partial charge >= 0.3 is 0 Å². The van der Waals surface area contributed by atoms with Crippen molar-refractivity contribution < 1.29 is 0 Å². The number of allylic oxidation sites excluding steroid dienone is 1. The molecule has 0 bridgehead atoms. The minimum Gasteiger partial charge on any atom is -0.359 e. The third-order valence-electron chi connectivity index (χ3n) is 2.30. The fraction of sp³-hybridized carbons (Fsp3) is 0.273. The molecule has 1 N–H and O–H groups in total. The smallest absolute Gasteiger partial charge is 0.0415 e. The van der Waals surface area contributed by atoms with Gasteiger partial charge in [0.1, 0.15) is 0 Å². The van der Waals surface area contributed by atoms with E-state index in [1.54, 1.807) is 0 Å². The minimum absolute atomic E-state index is 0.813. The third-order valence-corrected chi connectivity index (χ3v) is 2.54. The van der Waals surface area contributed by atoms with Gasteiger partial charge in [0.05, 0.1) is 0 Å². The van der Waals surface area contributed by atoms with E-state index in [0.717, 1.165) is 35.7 Å². The predicted octanol–water partition coefficient (Wildman–Crippen LogP) is 3.60. The second-order valence-electron chi connectivity index (χ2n) is 3.38. The van der Waals surface area contributed by atoms with Gasteiger partial charge in [-0.05, 0) is 43.0 Å². The van der Waals surface area contributed by atoms with Crippen LogP contribution in [-0.2, 0) is 6.42 Å². The fourth-order valence-electron chi connectivity index (χ4n) is 1.64. The van der Waals surface area contributed by atoms with Crippen LogP contribution in [0.5, 0.6) is 0 Å². The highest BCUT2D eigenvalue weighted by Gasteiger charge is 2.08. The summed E-state index contributed by atoms with van der Waals surface area (Å²) in [7, 11) is 0. The van der Waals surface area contributed by atoms with Crippen LogP contribution < -0.4 is 5.32 Å². The topological polar surface area (TPSA) is 12.0 Å². The number of nitrogens with one attached hydrogen (secondary N) is 1. The molecule has 1 nitrogen and oxygen atoms in total. The fourth-order valence-corrected chi connectivity index (χ4v) is 1.83. The van der Waals surface area contributed by atoms with Crippen molar-refractivity contribution in [3.63, 3.8) is 0 Å². The van der Waals surface area contributed by atoms with E-state index in [1.165, 1.54) is 5.56 Å². The van der Waals surface area contributed by atoms with E-state index in [9.17, 15) is 0 Å². The van der Waals surface area contributed by atoms with Crippen LogP contribution in [0.1, 0.15) is 18.4 Å². The molecular formula is C11H12ClN. The van der Waals surface area contributed by atoms with Gasteiger partial charge in [-0.15, -0.1) is 0 Å². The highest BCUT2D eigenvalue weighted by atomic mass is 35.5. The van der Waals surface area contributed by atoms with Crippen molar-refractivity contribution in [1.29, 1.82) is 0 Å². The van der Waals surface area contributed by atoms with Crippen molar-refractivity contribution in [3.8, 4) is 0 Å². The van der Waals surface area contributed by atoms with E-state index in [1.807, 2.05) is 18.2 Å². The number of benzene rings is 1. The lowest BCUT2D eigenvalue weighted by Crippen LogP contribution is -1.95. The second kappa shape index (κ2) is 3.43. The van der Waals surface area contributed by atoms with Gasteiger partial charge in [0.2, 0.25) is 0 Å².